The number of halogens is 2. The van der Waals surface area contributed by atoms with E-state index in [9.17, 15) is 28.6 Å². The minimum absolute atomic E-state index is 0.0157. The summed E-state index contributed by atoms with van der Waals surface area (Å²) < 4.78 is 28.7. The van der Waals surface area contributed by atoms with Gasteiger partial charge in [0.2, 0.25) is 11.6 Å². The highest BCUT2D eigenvalue weighted by Gasteiger charge is 2.40. The fourth-order valence-corrected chi connectivity index (χ4v) is 3.52. The highest BCUT2D eigenvalue weighted by Crippen LogP contribution is 2.44. The van der Waals surface area contributed by atoms with Crippen LogP contribution in [0.25, 0.3) is 0 Å². The van der Waals surface area contributed by atoms with Crippen LogP contribution in [0.2, 0.25) is 0 Å². The summed E-state index contributed by atoms with van der Waals surface area (Å²) in [4.78, 5) is 26.5. The third-order valence-electron chi connectivity index (χ3n) is 5.11. The number of rotatable bonds is 8. The molecule has 0 atom stereocenters. The first-order chi connectivity index (χ1) is 14.3. The number of anilines is 2. The zero-order valence-corrected chi connectivity index (χ0v) is 16.9. The largest absolute Gasteiger partial charge is 0.504 e. The Labute approximate surface area is 172 Å². The predicted molar refractivity (Wildman–Crippen MR) is 110 cm³/mol. The van der Waals surface area contributed by atoms with Crippen molar-refractivity contribution in [3.05, 3.63) is 46.0 Å². The van der Waals surface area contributed by atoms with E-state index in [1.807, 2.05) is 13.8 Å². The van der Waals surface area contributed by atoms with E-state index in [1.54, 1.807) is 0 Å². The van der Waals surface area contributed by atoms with E-state index in [4.69, 9.17) is 0 Å². The second-order valence-electron chi connectivity index (χ2n) is 7.23. The topological polar surface area (TPSA) is 98.7 Å². The van der Waals surface area contributed by atoms with E-state index < -0.39 is 45.8 Å². The van der Waals surface area contributed by atoms with Crippen molar-refractivity contribution in [2.24, 2.45) is 0 Å². The molecule has 0 aromatic heterocycles. The number of carbonyl (C=O) groups excluding carboxylic acids is 2. The van der Waals surface area contributed by atoms with Crippen molar-refractivity contribution in [1.29, 1.82) is 0 Å². The summed E-state index contributed by atoms with van der Waals surface area (Å²) in [5, 5.41) is 26.3. The fraction of sp³-hybridized carbons (Fsp3) is 0.364. The molecule has 6 nitrogen and oxygen atoms in total. The Morgan fingerprint density at radius 3 is 1.43 bits per heavy atom. The van der Waals surface area contributed by atoms with Crippen LogP contribution in [0.15, 0.2) is 12.1 Å². The normalized spacial score (nSPS) is 12.5. The number of aromatic hydroxyl groups is 2. The van der Waals surface area contributed by atoms with Crippen LogP contribution in [-0.4, -0.2) is 34.9 Å². The molecule has 4 N–H and O–H groups in total. The molecule has 0 amide bonds. The number of ketones is 2. The van der Waals surface area contributed by atoms with E-state index in [2.05, 4.69) is 10.6 Å². The fourth-order valence-electron chi connectivity index (χ4n) is 3.52. The number of nitrogens with one attached hydrogen (secondary N) is 2. The van der Waals surface area contributed by atoms with Gasteiger partial charge in [-0.2, -0.15) is 0 Å². The third kappa shape index (κ3) is 3.58. The van der Waals surface area contributed by atoms with Gasteiger partial charge in [0.15, 0.2) is 23.1 Å². The zero-order chi connectivity index (χ0) is 22.0. The minimum Gasteiger partial charge on any atom is -0.504 e. The van der Waals surface area contributed by atoms with Crippen molar-refractivity contribution >= 4 is 22.9 Å². The minimum atomic E-state index is -1.05. The maximum absolute atomic E-state index is 14.4. The lowest BCUT2D eigenvalue weighted by molar-refractivity contribution is 0.0974. The SMILES string of the molecule is CCCCNc1cc(F)c(O)c2c1C(=O)c1c(O)c(F)cc(NCCCC)c1C2=O. The van der Waals surface area contributed by atoms with E-state index in [-0.39, 0.29) is 22.5 Å². The molecule has 0 fully saturated rings. The van der Waals surface area contributed by atoms with Gasteiger partial charge in [0.05, 0.1) is 22.3 Å². The van der Waals surface area contributed by atoms with Crippen molar-refractivity contribution in [3.8, 4) is 11.5 Å². The van der Waals surface area contributed by atoms with Gasteiger partial charge < -0.3 is 20.8 Å². The van der Waals surface area contributed by atoms with Crippen LogP contribution >= 0.6 is 0 Å². The first kappa shape index (κ1) is 21.5. The van der Waals surface area contributed by atoms with Gasteiger partial charge in [0.1, 0.15) is 0 Å². The van der Waals surface area contributed by atoms with Crippen LogP contribution in [0, 0.1) is 11.6 Å². The Kier molecular flexibility index (Phi) is 6.24. The molecule has 30 heavy (non-hydrogen) atoms. The molecule has 0 bridgehead atoms. The first-order valence-corrected chi connectivity index (χ1v) is 10.0. The highest BCUT2D eigenvalue weighted by atomic mass is 19.1. The quantitative estimate of drug-likeness (QED) is 0.316. The molecule has 1 aliphatic rings. The lowest BCUT2D eigenvalue weighted by atomic mass is 9.81. The molecule has 2 aromatic carbocycles. The number of benzene rings is 2. The molecule has 2 aromatic rings. The number of phenols is 2. The molecule has 0 saturated heterocycles. The highest BCUT2D eigenvalue weighted by molar-refractivity contribution is 6.33. The van der Waals surface area contributed by atoms with Crippen molar-refractivity contribution in [2.45, 2.75) is 39.5 Å². The van der Waals surface area contributed by atoms with Crippen molar-refractivity contribution in [1.82, 2.24) is 0 Å². The van der Waals surface area contributed by atoms with Gasteiger partial charge in [0, 0.05) is 36.6 Å². The van der Waals surface area contributed by atoms with Gasteiger partial charge in [-0.3, -0.25) is 9.59 Å². The Morgan fingerprint density at radius 1 is 0.733 bits per heavy atom. The third-order valence-corrected chi connectivity index (χ3v) is 5.11. The van der Waals surface area contributed by atoms with Gasteiger partial charge >= 0.3 is 0 Å². The number of carbonyl (C=O) groups is 2. The van der Waals surface area contributed by atoms with Crippen molar-refractivity contribution in [2.75, 3.05) is 23.7 Å². The molecular weight excluding hydrogens is 394 g/mol. The van der Waals surface area contributed by atoms with Gasteiger partial charge in [-0.25, -0.2) is 8.78 Å². The molecule has 1 aliphatic carbocycles. The average molecular weight is 418 g/mol. The van der Waals surface area contributed by atoms with Crippen LogP contribution < -0.4 is 10.6 Å². The monoisotopic (exact) mass is 418 g/mol. The Hall–Kier alpha value is -3.16. The molecule has 3 rings (SSSR count). The molecule has 160 valence electrons. The Balaban J connectivity index is 2.22. The lowest BCUT2D eigenvalue weighted by Gasteiger charge is -2.25. The molecule has 0 heterocycles. The summed E-state index contributed by atoms with van der Waals surface area (Å²) >= 11 is 0. The molecular formula is C22H24F2N2O4. The van der Waals surface area contributed by atoms with Gasteiger partial charge in [0.25, 0.3) is 0 Å². The molecule has 0 radical (unpaired) electrons. The maximum atomic E-state index is 14.4. The molecule has 8 heteroatoms. The van der Waals surface area contributed by atoms with Crippen LogP contribution in [-0.2, 0) is 0 Å². The number of unbranched alkanes of at least 4 members (excludes halogenated alkanes) is 2. The second kappa shape index (κ2) is 8.69. The zero-order valence-electron chi connectivity index (χ0n) is 16.9. The standard InChI is InChI=1S/C22H24F2N2O4/c1-3-5-7-25-13-9-11(23)19(27)17-15(13)21(29)18-16(22(17)30)14(26-8-6-4-2)10-12(24)20(18)28/h9-10,25-28H,3-8H2,1-2H3. The predicted octanol–water partition coefficient (Wildman–Crippen LogP) is 4.58. The Morgan fingerprint density at radius 2 is 1.10 bits per heavy atom. The summed E-state index contributed by atoms with van der Waals surface area (Å²) in [6.07, 6.45) is 3.12. The summed E-state index contributed by atoms with van der Waals surface area (Å²) in [5.74, 6) is -5.71. The van der Waals surface area contributed by atoms with Crippen LogP contribution in [0.5, 0.6) is 11.5 Å². The Bertz CT molecular complexity index is 940. The first-order valence-electron chi connectivity index (χ1n) is 10.0. The molecule has 0 saturated carbocycles. The number of hydrogen-bond acceptors (Lipinski definition) is 6. The molecule has 0 spiro atoms. The summed E-state index contributed by atoms with van der Waals surface area (Å²) in [6, 6.07) is 1.85. The number of phenolic OH excluding ortho intramolecular Hbond substituents is 2. The van der Waals surface area contributed by atoms with E-state index in [0.29, 0.717) is 13.1 Å². The molecule has 0 unspecified atom stereocenters. The number of hydrogen-bond donors (Lipinski definition) is 4. The van der Waals surface area contributed by atoms with E-state index in [1.165, 1.54) is 0 Å². The second-order valence-corrected chi connectivity index (χ2v) is 7.23. The molecule has 0 aliphatic heterocycles. The van der Waals surface area contributed by atoms with Crippen LogP contribution in [0.1, 0.15) is 71.4 Å². The maximum Gasteiger partial charge on any atom is 0.200 e. The van der Waals surface area contributed by atoms with Gasteiger partial charge in [-0.15, -0.1) is 0 Å². The summed E-state index contributed by atoms with van der Waals surface area (Å²) in [6.45, 7) is 4.71. The van der Waals surface area contributed by atoms with E-state index in [0.717, 1.165) is 37.8 Å². The van der Waals surface area contributed by atoms with E-state index >= 15 is 0 Å². The lowest BCUT2D eigenvalue weighted by Crippen LogP contribution is -2.25. The summed E-state index contributed by atoms with van der Waals surface area (Å²) in [5.41, 5.74) is -1.50. The van der Waals surface area contributed by atoms with Gasteiger partial charge in [-0.1, -0.05) is 26.7 Å². The average Bonchev–Trinajstić information content (AvgIpc) is 2.71. The smallest absolute Gasteiger partial charge is 0.200 e. The number of fused-ring (bicyclic) bond motifs is 2. The van der Waals surface area contributed by atoms with Gasteiger partial charge in [-0.05, 0) is 12.8 Å². The van der Waals surface area contributed by atoms with Crippen molar-refractivity contribution in [3.63, 3.8) is 0 Å². The summed E-state index contributed by atoms with van der Waals surface area (Å²) in [7, 11) is 0. The van der Waals surface area contributed by atoms with Crippen LogP contribution in [0.3, 0.4) is 0 Å². The van der Waals surface area contributed by atoms with Crippen molar-refractivity contribution < 1.29 is 28.6 Å². The van der Waals surface area contributed by atoms with Crippen LogP contribution in [0.4, 0.5) is 20.2 Å².